The van der Waals surface area contributed by atoms with Crippen molar-refractivity contribution < 1.29 is 9.59 Å². The van der Waals surface area contributed by atoms with E-state index >= 15 is 0 Å². The lowest BCUT2D eigenvalue weighted by Gasteiger charge is -2.19. The van der Waals surface area contributed by atoms with E-state index in [1.54, 1.807) is 33.0 Å². The topological polar surface area (TPSA) is 72.0 Å². The molecule has 0 unspecified atom stereocenters. The van der Waals surface area contributed by atoms with Gasteiger partial charge in [-0.2, -0.15) is 0 Å². The molecule has 26 heavy (non-hydrogen) atoms. The average molecular weight is 412 g/mol. The Morgan fingerprint density at radius 2 is 1.92 bits per heavy atom. The molecule has 1 heterocycles. The van der Waals surface area contributed by atoms with E-state index in [0.29, 0.717) is 21.6 Å². The van der Waals surface area contributed by atoms with Crippen LogP contribution in [-0.2, 0) is 11.2 Å². The van der Waals surface area contributed by atoms with Gasteiger partial charge in [0.1, 0.15) is 0 Å². The van der Waals surface area contributed by atoms with Crippen LogP contribution in [0.15, 0.2) is 29.6 Å². The largest absolute Gasteiger partial charge is 0.324 e. The number of hydrogen-bond acceptors (Lipinski definition) is 5. The Labute approximate surface area is 166 Å². The van der Waals surface area contributed by atoms with E-state index in [1.165, 1.54) is 23.9 Å². The molecule has 2 rings (SSSR count). The summed E-state index contributed by atoms with van der Waals surface area (Å²) in [6.45, 7) is 5.35. The van der Waals surface area contributed by atoms with Gasteiger partial charge in [-0.05, 0) is 24.5 Å². The van der Waals surface area contributed by atoms with Gasteiger partial charge in [0.25, 0.3) is 0 Å². The number of ketones is 1. The van der Waals surface area contributed by atoms with Crippen molar-refractivity contribution in [1.29, 1.82) is 0 Å². The number of Topliss-reactive ketones (excluding diaryl/α,β-unsaturated/α-hetero) is 1. The molecule has 5 nitrogen and oxygen atoms in total. The molecule has 0 spiro atoms. The van der Waals surface area contributed by atoms with Crippen LogP contribution < -0.4 is 5.32 Å². The van der Waals surface area contributed by atoms with Crippen LogP contribution >= 0.6 is 35.0 Å². The highest BCUT2D eigenvalue weighted by atomic mass is 35.5. The SMILES string of the molecule is CSc1nccc(CC(=O)c2cc(Cl)cc(NC(=O)C(C)(C)C)c2Cl)n1. The Morgan fingerprint density at radius 1 is 1.23 bits per heavy atom. The third kappa shape index (κ3) is 5.19. The predicted octanol–water partition coefficient (Wildman–Crippen LogP) is 4.92. The van der Waals surface area contributed by atoms with Gasteiger partial charge in [0, 0.05) is 22.2 Å². The second kappa shape index (κ2) is 8.37. The molecule has 8 heteroatoms. The maximum atomic E-state index is 12.7. The summed E-state index contributed by atoms with van der Waals surface area (Å²) in [5.74, 6) is -0.463. The van der Waals surface area contributed by atoms with Crippen molar-refractivity contribution in [2.75, 3.05) is 11.6 Å². The molecular weight excluding hydrogens is 393 g/mol. The number of nitrogens with one attached hydrogen (secondary N) is 1. The Hall–Kier alpha value is -1.63. The molecule has 0 aliphatic carbocycles. The third-order valence-electron chi connectivity index (χ3n) is 3.48. The van der Waals surface area contributed by atoms with Crippen molar-refractivity contribution in [2.45, 2.75) is 32.3 Å². The number of halogens is 2. The van der Waals surface area contributed by atoms with Crippen LogP contribution in [0.1, 0.15) is 36.8 Å². The molecule has 0 radical (unpaired) electrons. The first kappa shape index (κ1) is 20.7. The van der Waals surface area contributed by atoms with E-state index in [4.69, 9.17) is 23.2 Å². The molecule has 1 N–H and O–H groups in total. The predicted molar refractivity (Wildman–Crippen MR) is 106 cm³/mol. The van der Waals surface area contributed by atoms with Crippen LogP contribution in [0.2, 0.25) is 10.0 Å². The number of anilines is 1. The summed E-state index contributed by atoms with van der Waals surface area (Å²) in [7, 11) is 0. The second-order valence-corrected chi connectivity index (χ2v) is 8.24. The number of amides is 1. The smallest absolute Gasteiger partial charge is 0.229 e. The molecule has 0 saturated heterocycles. The van der Waals surface area contributed by atoms with Gasteiger partial charge in [-0.1, -0.05) is 55.7 Å². The monoisotopic (exact) mass is 411 g/mol. The van der Waals surface area contributed by atoms with Crippen LogP contribution in [0, 0.1) is 5.41 Å². The summed E-state index contributed by atoms with van der Waals surface area (Å²) in [4.78, 5) is 33.3. The highest BCUT2D eigenvalue weighted by Crippen LogP contribution is 2.32. The number of carbonyl (C=O) groups is 2. The molecule has 0 aliphatic heterocycles. The van der Waals surface area contributed by atoms with Gasteiger partial charge in [0.2, 0.25) is 5.91 Å². The van der Waals surface area contributed by atoms with Crippen molar-refractivity contribution in [1.82, 2.24) is 9.97 Å². The van der Waals surface area contributed by atoms with E-state index in [2.05, 4.69) is 15.3 Å². The Kier molecular flexibility index (Phi) is 6.66. The number of carbonyl (C=O) groups excluding carboxylic acids is 2. The molecule has 1 amide bonds. The minimum absolute atomic E-state index is 0.0583. The summed E-state index contributed by atoms with van der Waals surface area (Å²) in [6.07, 6.45) is 3.53. The molecule has 138 valence electrons. The van der Waals surface area contributed by atoms with E-state index in [0.717, 1.165) is 0 Å². The first-order valence-electron chi connectivity index (χ1n) is 7.81. The minimum Gasteiger partial charge on any atom is -0.324 e. The zero-order valence-corrected chi connectivity index (χ0v) is 17.2. The zero-order valence-electron chi connectivity index (χ0n) is 14.9. The fourth-order valence-corrected chi connectivity index (χ4v) is 2.88. The highest BCUT2D eigenvalue weighted by Gasteiger charge is 2.24. The highest BCUT2D eigenvalue weighted by molar-refractivity contribution is 7.98. The fourth-order valence-electron chi connectivity index (χ4n) is 2.03. The first-order valence-corrected chi connectivity index (χ1v) is 9.79. The standard InChI is InChI=1S/C18H19Cl2N3O2S/c1-18(2,3)16(25)23-13-8-10(19)7-12(15(13)20)14(24)9-11-5-6-21-17(22-11)26-4/h5-8H,9H2,1-4H3,(H,23,25). The maximum absolute atomic E-state index is 12.7. The number of nitrogens with zero attached hydrogens (tertiary/aromatic N) is 2. The summed E-state index contributed by atoms with van der Waals surface area (Å²) in [5, 5.41) is 3.80. The van der Waals surface area contributed by atoms with Gasteiger partial charge in [0.15, 0.2) is 10.9 Å². The van der Waals surface area contributed by atoms with Gasteiger partial charge in [0.05, 0.1) is 22.8 Å². The summed E-state index contributed by atoms with van der Waals surface area (Å²) < 4.78 is 0. The van der Waals surface area contributed by atoms with E-state index in [1.807, 2.05) is 6.26 Å². The van der Waals surface area contributed by atoms with Crippen molar-refractivity contribution >= 4 is 52.3 Å². The third-order valence-corrected chi connectivity index (χ3v) is 4.67. The number of hydrogen-bond donors (Lipinski definition) is 1. The molecule has 0 aliphatic rings. The van der Waals surface area contributed by atoms with Gasteiger partial charge in [-0.15, -0.1) is 0 Å². The van der Waals surface area contributed by atoms with Gasteiger partial charge >= 0.3 is 0 Å². The summed E-state index contributed by atoms with van der Waals surface area (Å²) in [6, 6.07) is 4.70. The summed E-state index contributed by atoms with van der Waals surface area (Å²) >= 11 is 13.9. The summed E-state index contributed by atoms with van der Waals surface area (Å²) in [5.41, 5.74) is 0.540. The lowest BCUT2D eigenvalue weighted by molar-refractivity contribution is -0.123. The molecule has 0 atom stereocenters. The van der Waals surface area contributed by atoms with Crippen LogP contribution in [0.3, 0.4) is 0 Å². The zero-order chi connectivity index (χ0) is 19.5. The Bertz CT molecular complexity index is 851. The van der Waals surface area contributed by atoms with E-state index in [-0.39, 0.29) is 28.7 Å². The van der Waals surface area contributed by atoms with Crippen molar-refractivity contribution in [3.8, 4) is 0 Å². The van der Waals surface area contributed by atoms with Crippen LogP contribution in [0.5, 0.6) is 0 Å². The fraction of sp³-hybridized carbons (Fsp3) is 0.333. The van der Waals surface area contributed by atoms with Crippen molar-refractivity contribution in [2.24, 2.45) is 5.41 Å². The van der Waals surface area contributed by atoms with Crippen LogP contribution in [-0.4, -0.2) is 27.9 Å². The number of aromatic nitrogens is 2. The normalized spacial score (nSPS) is 11.3. The Balaban J connectivity index is 2.31. The Morgan fingerprint density at radius 3 is 2.54 bits per heavy atom. The maximum Gasteiger partial charge on any atom is 0.229 e. The van der Waals surface area contributed by atoms with Gasteiger partial charge in [-0.3, -0.25) is 9.59 Å². The lowest BCUT2D eigenvalue weighted by atomic mass is 9.95. The number of rotatable bonds is 5. The molecule has 1 aromatic heterocycles. The van der Waals surface area contributed by atoms with Gasteiger partial charge < -0.3 is 5.32 Å². The minimum atomic E-state index is -0.606. The van der Waals surface area contributed by atoms with Crippen LogP contribution in [0.25, 0.3) is 0 Å². The van der Waals surface area contributed by atoms with E-state index < -0.39 is 5.41 Å². The molecular formula is C18H19Cl2N3O2S. The second-order valence-electron chi connectivity index (χ2n) is 6.65. The van der Waals surface area contributed by atoms with Crippen LogP contribution in [0.4, 0.5) is 5.69 Å². The van der Waals surface area contributed by atoms with Crippen molar-refractivity contribution in [3.63, 3.8) is 0 Å². The lowest BCUT2D eigenvalue weighted by Crippen LogP contribution is -2.28. The molecule has 0 saturated carbocycles. The molecule has 0 fully saturated rings. The van der Waals surface area contributed by atoms with Crippen molar-refractivity contribution in [3.05, 3.63) is 45.7 Å². The average Bonchev–Trinajstić information content (AvgIpc) is 2.56. The molecule has 1 aromatic carbocycles. The van der Waals surface area contributed by atoms with Gasteiger partial charge in [-0.25, -0.2) is 9.97 Å². The van der Waals surface area contributed by atoms with E-state index in [9.17, 15) is 9.59 Å². The quantitative estimate of drug-likeness (QED) is 0.429. The molecule has 2 aromatic rings. The molecule has 0 bridgehead atoms. The first-order chi connectivity index (χ1) is 12.1. The number of benzene rings is 1. The number of thioether (sulfide) groups is 1.